The number of rotatable bonds is 4. The van der Waals surface area contributed by atoms with Crippen molar-refractivity contribution in [3.05, 3.63) is 0 Å². The maximum absolute atomic E-state index is 12.0. The van der Waals surface area contributed by atoms with E-state index in [-0.39, 0.29) is 11.6 Å². The highest BCUT2D eigenvalue weighted by Gasteiger charge is 2.35. The summed E-state index contributed by atoms with van der Waals surface area (Å²) < 4.78 is 10.8. The number of hydrogen-bond acceptors (Lipinski definition) is 3. The first kappa shape index (κ1) is 16.3. The van der Waals surface area contributed by atoms with E-state index in [1.54, 1.807) is 0 Å². The average Bonchev–Trinajstić information content (AvgIpc) is 2.25. The van der Waals surface area contributed by atoms with Crippen LogP contribution in [-0.2, 0) is 9.47 Å². The predicted octanol–water partition coefficient (Wildman–Crippen LogP) is 3.50. The maximum atomic E-state index is 12.0. The van der Waals surface area contributed by atoms with Gasteiger partial charge in [0.2, 0.25) is 0 Å². The van der Waals surface area contributed by atoms with Gasteiger partial charge < -0.3 is 14.8 Å². The van der Waals surface area contributed by atoms with Crippen LogP contribution in [0.4, 0.5) is 4.79 Å². The van der Waals surface area contributed by atoms with Crippen LogP contribution in [0.1, 0.15) is 60.3 Å². The van der Waals surface area contributed by atoms with Crippen LogP contribution in [0.5, 0.6) is 0 Å². The predicted molar refractivity (Wildman–Crippen MR) is 76.2 cm³/mol. The van der Waals surface area contributed by atoms with Crippen LogP contribution >= 0.6 is 0 Å². The highest BCUT2D eigenvalue weighted by molar-refractivity contribution is 5.68. The average molecular weight is 271 g/mol. The highest BCUT2D eigenvalue weighted by Crippen LogP contribution is 2.28. The molecule has 1 N–H and O–H groups in total. The summed E-state index contributed by atoms with van der Waals surface area (Å²) in [4.78, 5) is 12.0. The zero-order chi connectivity index (χ0) is 14.5. The Labute approximate surface area is 117 Å². The van der Waals surface area contributed by atoms with Gasteiger partial charge in [-0.25, -0.2) is 4.79 Å². The van der Waals surface area contributed by atoms with Crippen LogP contribution < -0.4 is 5.32 Å². The number of carbonyl (C=O) groups excluding carboxylic acids is 1. The molecule has 1 fully saturated rings. The Bertz CT molecular complexity index is 288. The first-order valence-electron chi connectivity index (χ1n) is 7.31. The van der Waals surface area contributed by atoms with E-state index >= 15 is 0 Å². The molecule has 0 saturated carbocycles. The van der Waals surface area contributed by atoms with Gasteiger partial charge in [-0.15, -0.1) is 0 Å². The van der Waals surface area contributed by atoms with Gasteiger partial charge in [-0.3, -0.25) is 0 Å². The molecule has 0 aromatic carbocycles. The Balaban J connectivity index is 2.60. The van der Waals surface area contributed by atoms with Gasteiger partial charge in [-0.05, 0) is 52.4 Å². The molecule has 4 nitrogen and oxygen atoms in total. The van der Waals surface area contributed by atoms with Gasteiger partial charge in [0.1, 0.15) is 5.60 Å². The van der Waals surface area contributed by atoms with Gasteiger partial charge in [0.25, 0.3) is 0 Å². The van der Waals surface area contributed by atoms with Crippen molar-refractivity contribution in [2.45, 2.75) is 71.4 Å². The Kier molecular flexibility index (Phi) is 5.65. The van der Waals surface area contributed by atoms with Crippen molar-refractivity contribution >= 4 is 6.09 Å². The third-order valence-corrected chi connectivity index (χ3v) is 3.42. The van der Waals surface area contributed by atoms with Crippen molar-refractivity contribution in [3.63, 3.8) is 0 Å². The third kappa shape index (κ3) is 6.28. The van der Waals surface area contributed by atoms with Gasteiger partial charge in [0.05, 0.1) is 0 Å². The molecule has 112 valence electrons. The van der Waals surface area contributed by atoms with Crippen molar-refractivity contribution in [3.8, 4) is 0 Å². The fourth-order valence-corrected chi connectivity index (χ4v) is 2.28. The standard InChI is InChI=1S/C15H29NO3/c1-12(2)6-7-15(8-10-18-11-9-15)16-13(17)19-14(3,4)5/h12H,6-11H2,1-5H3,(H,16,17). The first-order chi connectivity index (χ1) is 8.72. The zero-order valence-corrected chi connectivity index (χ0v) is 13.0. The molecule has 0 radical (unpaired) electrons. The van der Waals surface area contributed by atoms with Gasteiger partial charge in [-0.2, -0.15) is 0 Å². The molecule has 0 aliphatic carbocycles. The molecule has 0 atom stereocenters. The van der Waals surface area contributed by atoms with Crippen molar-refractivity contribution in [1.82, 2.24) is 5.32 Å². The Morgan fingerprint density at radius 2 is 1.89 bits per heavy atom. The molecule has 0 unspecified atom stereocenters. The van der Waals surface area contributed by atoms with Crippen LogP contribution in [0.2, 0.25) is 0 Å². The lowest BCUT2D eigenvalue weighted by molar-refractivity contribution is 0.0132. The van der Waals surface area contributed by atoms with Crippen molar-refractivity contribution < 1.29 is 14.3 Å². The molecular weight excluding hydrogens is 242 g/mol. The summed E-state index contributed by atoms with van der Waals surface area (Å²) >= 11 is 0. The monoisotopic (exact) mass is 271 g/mol. The number of amides is 1. The summed E-state index contributed by atoms with van der Waals surface area (Å²) in [6, 6.07) is 0. The summed E-state index contributed by atoms with van der Waals surface area (Å²) in [5, 5.41) is 3.10. The summed E-state index contributed by atoms with van der Waals surface area (Å²) in [6.45, 7) is 11.5. The molecule has 1 aliphatic heterocycles. The molecule has 1 saturated heterocycles. The topological polar surface area (TPSA) is 47.6 Å². The normalized spacial score (nSPS) is 19.3. The quantitative estimate of drug-likeness (QED) is 0.851. The summed E-state index contributed by atoms with van der Waals surface area (Å²) in [5.74, 6) is 0.639. The summed E-state index contributed by atoms with van der Waals surface area (Å²) in [7, 11) is 0. The van der Waals surface area contributed by atoms with Crippen LogP contribution in [0, 0.1) is 5.92 Å². The minimum absolute atomic E-state index is 0.148. The minimum Gasteiger partial charge on any atom is -0.444 e. The van der Waals surface area contributed by atoms with Crippen LogP contribution in [-0.4, -0.2) is 30.4 Å². The third-order valence-electron chi connectivity index (χ3n) is 3.42. The van der Waals surface area contributed by atoms with E-state index in [9.17, 15) is 4.79 Å². The molecule has 4 heteroatoms. The van der Waals surface area contributed by atoms with Gasteiger partial charge in [-0.1, -0.05) is 13.8 Å². The maximum Gasteiger partial charge on any atom is 0.408 e. The van der Waals surface area contributed by atoms with Crippen LogP contribution in [0.25, 0.3) is 0 Å². The molecule has 19 heavy (non-hydrogen) atoms. The van der Waals surface area contributed by atoms with E-state index < -0.39 is 5.60 Å². The summed E-state index contributed by atoms with van der Waals surface area (Å²) in [5.41, 5.74) is -0.598. The Morgan fingerprint density at radius 3 is 2.37 bits per heavy atom. The number of nitrogens with one attached hydrogen (secondary N) is 1. The van der Waals surface area contributed by atoms with Gasteiger partial charge in [0.15, 0.2) is 0 Å². The number of alkyl carbamates (subject to hydrolysis) is 1. The largest absolute Gasteiger partial charge is 0.444 e. The SMILES string of the molecule is CC(C)CCC1(NC(=O)OC(C)(C)C)CCOCC1. The zero-order valence-electron chi connectivity index (χ0n) is 13.0. The van der Waals surface area contributed by atoms with Gasteiger partial charge in [0, 0.05) is 18.8 Å². The molecule has 0 spiro atoms. The molecule has 0 aromatic rings. The van der Waals surface area contributed by atoms with Crippen molar-refractivity contribution in [2.75, 3.05) is 13.2 Å². The lowest BCUT2D eigenvalue weighted by atomic mass is 9.83. The molecule has 1 heterocycles. The second-order valence-electron chi connectivity index (χ2n) is 6.95. The minimum atomic E-state index is -0.450. The molecule has 1 aliphatic rings. The number of ether oxygens (including phenoxy) is 2. The Hall–Kier alpha value is -0.770. The molecule has 1 amide bonds. The molecular formula is C15H29NO3. The second kappa shape index (κ2) is 6.60. The first-order valence-corrected chi connectivity index (χ1v) is 7.31. The van der Waals surface area contributed by atoms with Crippen molar-refractivity contribution in [1.29, 1.82) is 0 Å². The Morgan fingerprint density at radius 1 is 1.32 bits per heavy atom. The fraction of sp³-hybridized carbons (Fsp3) is 0.933. The van der Waals surface area contributed by atoms with Crippen LogP contribution in [0.15, 0.2) is 0 Å². The van der Waals surface area contributed by atoms with Crippen LogP contribution in [0.3, 0.4) is 0 Å². The number of hydrogen-bond donors (Lipinski definition) is 1. The number of carbonyl (C=O) groups is 1. The highest BCUT2D eigenvalue weighted by atomic mass is 16.6. The van der Waals surface area contributed by atoms with E-state index in [2.05, 4.69) is 19.2 Å². The van der Waals surface area contributed by atoms with E-state index in [0.29, 0.717) is 19.1 Å². The molecule has 1 rings (SSSR count). The van der Waals surface area contributed by atoms with Gasteiger partial charge >= 0.3 is 6.09 Å². The van der Waals surface area contributed by atoms with E-state index in [4.69, 9.17) is 9.47 Å². The lowest BCUT2D eigenvalue weighted by Gasteiger charge is -2.39. The second-order valence-corrected chi connectivity index (χ2v) is 6.95. The van der Waals surface area contributed by atoms with E-state index in [1.165, 1.54) is 0 Å². The lowest BCUT2D eigenvalue weighted by Crippen LogP contribution is -2.53. The molecule has 0 bridgehead atoms. The fourth-order valence-electron chi connectivity index (χ4n) is 2.28. The van der Waals surface area contributed by atoms with E-state index in [0.717, 1.165) is 25.7 Å². The smallest absolute Gasteiger partial charge is 0.408 e. The molecule has 0 aromatic heterocycles. The summed E-state index contributed by atoms with van der Waals surface area (Å²) in [6.07, 6.45) is 3.54. The van der Waals surface area contributed by atoms with Crippen molar-refractivity contribution in [2.24, 2.45) is 5.92 Å². The van der Waals surface area contributed by atoms with E-state index in [1.807, 2.05) is 20.8 Å².